The fraction of sp³-hybridized carbons (Fsp3) is 0.909. The van der Waals surface area contributed by atoms with Gasteiger partial charge in [0.05, 0.1) is 6.54 Å². The summed E-state index contributed by atoms with van der Waals surface area (Å²) < 4.78 is 2.39. The third-order valence-corrected chi connectivity index (χ3v) is 2.62. The highest BCUT2D eigenvalue weighted by Crippen LogP contribution is 2.04. The van der Waals surface area contributed by atoms with Crippen molar-refractivity contribution in [1.29, 1.82) is 0 Å². The van der Waals surface area contributed by atoms with E-state index in [1.54, 1.807) is 0 Å². The van der Waals surface area contributed by atoms with E-state index in [0.29, 0.717) is 0 Å². The molecule has 0 unspecified atom stereocenters. The van der Waals surface area contributed by atoms with Gasteiger partial charge in [-0.2, -0.15) is 0 Å². The minimum absolute atomic E-state index is 1.13. The molecule has 0 radical (unpaired) electrons. The van der Waals surface area contributed by atoms with Gasteiger partial charge in [-0.15, -0.1) is 0 Å². The van der Waals surface area contributed by atoms with Crippen LogP contribution in [0.15, 0.2) is 0 Å². The number of nitrogens with zero attached hydrogens (tertiary/aromatic N) is 1. The molecule has 0 bridgehead atoms. The Morgan fingerprint density at radius 3 is 2.62 bits per heavy atom. The normalized spacial score (nSPS) is 15.6. The standard InChI is InChI=1S/C11H22N2/c1-2-3-4-5-6-7-9-13-10-8-12-11-13/h11H,2-10H2,1H3/p+1. The summed E-state index contributed by atoms with van der Waals surface area (Å²) in [7, 11) is 0. The SMILES string of the molecule is CCCCCCCC[N+]1=CNCC1. The third-order valence-electron chi connectivity index (χ3n) is 2.62. The van der Waals surface area contributed by atoms with E-state index < -0.39 is 0 Å². The molecule has 1 heterocycles. The molecule has 1 rings (SSSR count). The lowest BCUT2D eigenvalue weighted by atomic mass is 10.1. The second-order valence-electron chi connectivity index (χ2n) is 3.89. The van der Waals surface area contributed by atoms with Gasteiger partial charge in [0, 0.05) is 0 Å². The van der Waals surface area contributed by atoms with Gasteiger partial charge in [0.2, 0.25) is 6.34 Å². The van der Waals surface area contributed by atoms with Gasteiger partial charge in [-0.05, 0) is 12.8 Å². The molecule has 0 spiro atoms. The molecular formula is C11H23N2+. The molecule has 1 N–H and O–H groups in total. The molecule has 0 aromatic heterocycles. The van der Waals surface area contributed by atoms with Crippen LogP contribution in [0, 0.1) is 0 Å². The topological polar surface area (TPSA) is 15.0 Å². The van der Waals surface area contributed by atoms with Gasteiger partial charge >= 0.3 is 0 Å². The predicted octanol–water partition coefficient (Wildman–Crippen LogP) is 1.99. The number of rotatable bonds is 7. The van der Waals surface area contributed by atoms with Crippen LogP contribution in [-0.2, 0) is 0 Å². The van der Waals surface area contributed by atoms with Crippen molar-refractivity contribution in [2.75, 3.05) is 19.6 Å². The smallest absolute Gasteiger partial charge is 0.232 e. The highest BCUT2D eigenvalue weighted by molar-refractivity contribution is 5.49. The minimum Gasteiger partial charge on any atom is -0.277 e. The van der Waals surface area contributed by atoms with Gasteiger partial charge in [-0.25, -0.2) is 0 Å². The van der Waals surface area contributed by atoms with Crippen LogP contribution in [0.1, 0.15) is 45.4 Å². The van der Waals surface area contributed by atoms with E-state index in [0.717, 1.165) is 6.54 Å². The second-order valence-corrected chi connectivity index (χ2v) is 3.89. The van der Waals surface area contributed by atoms with Gasteiger partial charge in [0.1, 0.15) is 13.1 Å². The highest BCUT2D eigenvalue weighted by Gasteiger charge is 2.06. The van der Waals surface area contributed by atoms with Crippen molar-refractivity contribution >= 4 is 6.34 Å². The van der Waals surface area contributed by atoms with Crippen LogP contribution >= 0.6 is 0 Å². The first-order chi connectivity index (χ1) is 6.43. The summed E-state index contributed by atoms with van der Waals surface area (Å²) in [4.78, 5) is 0. The summed E-state index contributed by atoms with van der Waals surface area (Å²) in [6.07, 6.45) is 10.5. The molecule has 0 aromatic carbocycles. The molecule has 0 saturated heterocycles. The van der Waals surface area contributed by atoms with E-state index >= 15 is 0 Å². The van der Waals surface area contributed by atoms with Gasteiger partial charge in [0.25, 0.3) is 0 Å². The fourth-order valence-electron chi connectivity index (χ4n) is 1.74. The number of unbranched alkanes of at least 4 members (excludes halogenated alkanes) is 5. The van der Waals surface area contributed by atoms with E-state index in [1.807, 2.05) is 0 Å². The van der Waals surface area contributed by atoms with E-state index in [9.17, 15) is 0 Å². The van der Waals surface area contributed by atoms with E-state index in [2.05, 4.69) is 23.2 Å². The molecule has 0 fully saturated rings. The molecule has 0 amide bonds. The largest absolute Gasteiger partial charge is 0.277 e. The Bertz CT molecular complexity index is 152. The Balaban J connectivity index is 1.83. The maximum absolute atomic E-state index is 3.23. The van der Waals surface area contributed by atoms with Crippen molar-refractivity contribution < 1.29 is 4.58 Å². The Kier molecular flexibility index (Phi) is 5.62. The lowest BCUT2D eigenvalue weighted by Crippen LogP contribution is -2.11. The number of hydrogen-bond acceptors (Lipinski definition) is 1. The van der Waals surface area contributed by atoms with Crippen molar-refractivity contribution in [1.82, 2.24) is 5.32 Å². The zero-order valence-electron chi connectivity index (χ0n) is 8.89. The summed E-state index contributed by atoms with van der Waals surface area (Å²) in [6.45, 7) is 5.86. The Morgan fingerprint density at radius 2 is 1.92 bits per heavy atom. The molecule has 13 heavy (non-hydrogen) atoms. The van der Waals surface area contributed by atoms with Crippen LogP contribution in [0.5, 0.6) is 0 Å². The minimum atomic E-state index is 1.13. The van der Waals surface area contributed by atoms with Gasteiger partial charge in [-0.3, -0.25) is 9.89 Å². The Hall–Kier alpha value is -0.530. The summed E-state index contributed by atoms with van der Waals surface area (Å²) >= 11 is 0. The van der Waals surface area contributed by atoms with Crippen LogP contribution in [0.3, 0.4) is 0 Å². The molecule has 76 valence electrons. The first-order valence-corrected chi connectivity index (χ1v) is 5.74. The van der Waals surface area contributed by atoms with Crippen LogP contribution in [0.4, 0.5) is 0 Å². The van der Waals surface area contributed by atoms with Crippen molar-refractivity contribution in [3.05, 3.63) is 0 Å². The average Bonchev–Trinajstić information content (AvgIpc) is 2.63. The van der Waals surface area contributed by atoms with Crippen molar-refractivity contribution in [3.8, 4) is 0 Å². The third kappa shape index (κ3) is 4.91. The molecule has 2 heteroatoms. The lowest BCUT2D eigenvalue weighted by Gasteiger charge is -2.00. The van der Waals surface area contributed by atoms with Crippen LogP contribution in [0.2, 0.25) is 0 Å². The molecule has 1 aliphatic heterocycles. The van der Waals surface area contributed by atoms with Gasteiger partial charge in [0.15, 0.2) is 0 Å². The first-order valence-electron chi connectivity index (χ1n) is 5.74. The summed E-state index contributed by atoms with van der Waals surface area (Å²) in [5.74, 6) is 0. The average molecular weight is 183 g/mol. The zero-order valence-corrected chi connectivity index (χ0v) is 8.89. The second kappa shape index (κ2) is 6.93. The van der Waals surface area contributed by atoms with Crippen molar-refractivity contribution in [2.45, 2.75) is 45.4 Å². The van der Waals surface area contributed by atoms with E-state index in [1.165, 1.54) is 51.6 Å². The fourth-order valence-corrected chi connectivity index (χ4v) is 1.74. The van der Waals surface area contributed by atoms with Crippen LogP contribution in [-0.4, -0.2) is 30.5 Å². The molecule has 1 aliphatic rings. The van der Waals surface area contributed by atoms with Crippen molar-refractivity contribution in [2.24, 2.45) is 0 Å². The molecule has 0 aliphatic carbocycles. The van der Waals surface area contributed by atoms with Crippen LogP contribution in [0.25, 0.3) is 0 Å². The highest BCUT2D eigenvalue weighted by atomic mass is 15.1. The Labute approximate surface area is 82.0 Å². The van der Waals surface area contributed by atoms with Crippen molar-refractivity contribution in [3.63, 3.8) is 0 Å². The molecular weight excluding hydrogens is 160 g/mol. The van der Waals surface area contributed by atoms with E-state index in [-0.39, 0.29) is 0 Å². The zero-order chi connectivity index (χ0) is 9.36. The molecule has 0 aromatic rings. The first kappa shape index (κ1) is 10.6. The lowest BCUT2D eigenvalue weighted by molar-refractivity contribution is -0.514. The molecule has 0 saturated carbocycles. The Morgan fingerprint density at radius 1 is 1.15 bits per heavy atom. The molecule has 0 atom stereocenters. The summed E-state index contributed by atoms with van der Waals surface area (Å²) in [5.41, 5.74) is 0. The van der Waals surface area contributed by atoms with Gasteiger partial charge in [-0.1, -0.05) is 32.6 Å². The summed E-state index contributed by atoms with van der Waals surface area (Å²) in [6, 6.07) is 0. The molecule has 2 nitrogen and oxygen atoms in total. The maximum Gasteiger partial charge on any atom is 0.232 e. The van der Waals surface area contributed by atoms with Crippen LogP contribution < -0.4 is 5.32 Å². The predicted molar refractivity (Wildman–Crippen MR) is 57.4 cm³/mol. The summed E-state index contributed by atoms with van der Waals surface area (Å²) in [5, 5.41) is 3.23. The maximum atomic E-state index is 3.23. The monoisotopic (exact) mass is 183 g/mol. The van der Waals surface area contributed by atoms with E-state index in [4.69, 9.17) is 0 Å². The number of hydrogen-bond donors (Lipinski definition) is 1. The van der Waals surface area contributed by atoms with Gasteiger partial charge < -0.3 is 0 Å². The quantitative estimate of drug-likeness (QED) is 0.471. The number of nitrogens with one attached hydrogen (secondary N) is 1.